The molecule has 30 heavy (non-hydrogen) atoms. The third kappa shape index (κ3) is 4.55. The Morgan fingerprint density at radius 1 is 1.07 bits per heavy atom. The molecule has 0 bridgehead atoms. The van der Waals surface area contributed by atoms with Crippen molar-refractivity contribution in [2.75, 3.05) is 11.1 Å². The van der Waals surface area contributed by atoms with E-state index in [0.717, 1.165) is 16.8 Å². The van der Waals surface area contributed by atoms with Gasteiger partial charge in [-0.15, -0.1) is 10.2 Å². The number of amides is 1. The van der Waals surface area contributed by atoms with Gasteiger partial charge in [-0.25, -0.2) is 4.39 Å². The molecule has 0 saturated carbocycles. The van der Waals surface area contributed by atoms with Crippen molar-refractivity contribution in [3.05, 3.63) is 84.4 Å². The zero-order valence-electron chi connectivity index (χ0n) is 16.1. The van der Waals surface area contributed by atoms with Crippen LogP contribution >= 0.6 is 11.8 Å². The van der Waals surface area contributed by atoms with Crippen molar-refractivity contribution in [2.45, 2.75) is 12.1 Å². The van der Waals surface area contributed by atoms with Gasteiger partial charge in [0.15, 0.2) is 11.0 Å². The number of hydrogen-bond acceptors (Lipinski definition) is 5. The molecule has 2 aromatic carbocycles. The summed E-state index contributed by atoms with van der Waals surface area (Å²) >= 11 is 1.26. The van der Waals surface area contributed by atoms with Gasteiger partial charge in [0, 0.05) is 29.3 Å². The van der Waals surface area contributed by atoms with E-state index in [2.05, 4.69) is 20.5 Å². The lowest BCUT2D eigenvalue weighted by molar-refractivity contribution is -0.113. The number of carbonyl (C=O) groups is 1. The number of halogens is 1. The number of nitrogens with zero attached hydrogens (tertiary/aromatic N) is 4. The molecule has 4 aromatic rings. The summed E-state index contributed by atoms with van der Waals surface area (Å²) in [6.07, 6.45) is 3.34. The van der Waals surface area contributed by atoms with Crippen molar-refractivity contribution < 1.29 is 9.18 Å². The summed E-state index contributed by atoms with van der Waals surface area (Å²) in [5.41, 5.74) is 3.34. The highest BCUT2D eigenvalue weighted by atomic mass is 32.2. The second-order valence-corrected chi connectivity index (χ2v) is 7.50. The van der Waals surface area contributed by atoms with Gasteiger partial charge in [-0.3, -0.25) is 14.3 Å². The predicted molar refractivity (Wildman–Crippen MR) is 115 cm³/mol. The summed E-state index contributed by atoms with van der Waals surface area (Å²) in [6, 6.07) is 17.3. The average Bonchev–Trinajstić information content (AvgIpc) is 3.17. The van der Waals surface area contributed by atoms with Crippen molar-refractivity contribution in [1.82, 2.24) is 19.7 Å². The van der Waals surface area contributed by atoms with Crippen LogP contribution in [0.1, 0.15) is 5.56 Å². The van der Waals surface area contributed by atoms with Crippen molar-refractivity contribution in [3.8, 4) is 17.1 Å². The molecule has 1 amide bonds. The fourth-order valence-corrected chi connectivity index (χ4v) is 3.68. The van der Waals surface area contributed by atoms with Crippen LogP contribution in [0, 0.1) is 12.7 Å². The molecule has 0 aliphatic heterocycles. The van der Waals surface area contributed by atoms with Gasteiger partial charge in [0.2, 0.25) is 5.91 Å². The third-order valence-electron chi connectivity index (χ3n) is 4.29. The number of thioether (sulfide) groups is 1. The van der Waals surface area contributed by atoms with E-state index < -0.39 is 0 Å². The quantitative estimate of drug-likeness (QED) is 0.466. The maximum atomic E-state index is 13.4. The molecule has 6 nitrogen and oxygen atoms in total. The Morgan fingerprint density at radius 2 is 1.83 bits per heavy atom. The van der Waals surface area contributed by atoms with Gasteiger partial charge in [-0.05, 0) is 61.0 Å². The highest BCUT2D eigenvalue weighted by molar-refractivity contribution is 7.99. The Kier molecular flexibility index (Phi) is 5.85. The van der Waals surface area contributed by atoms with Crippen molar-refractivity contribution in [1.29, 1.82) is 0 Å². The molecule has 0 aliphatic carbocycles. The van der Waals surface area contributed by atoms with Crippen LogP contribution in [-0.4, -0.2) is 31.4 Å². The van der Waals surface area contributed by atoms with E-state index in [1.54, 1.807) is 29.1 Å². The van der Waals surface area contributed by atoms with Crippen LogP contribution in [0.5, 0.6) is 0 Å². The van der Waals surface area contributed by atoms with Crippen molar-refractivity contribution in [2.24, 2.45) is 0 Å². The molecular formula is C22H18FN5OS. The average molecular weight is 419 g/mol. The van der Waals surface area contributed by atoms with E-state index >= 15 is 0 Å². The molecule has 0 saturated heterocycles. The van der Waals surface area contributed by atoms with Gasteiger partial charge < -0.3 is 5.32 Å². The molecule has 2 heterocycles. The maximum Gasteiger partial charge on any atom is 0.234 e. The molecule has 150 valence electrons. The fraction of sp³-hybridized carbons (Fsp3) is 0.0909. The van der Waals surface area contributed by atoms with E-state index in [0.29, 0.717) is 16.7 Å². The first kappa shape index (κ1) is 19.8. The first-order valence-electron chi connectivity index (χ1n) is 9.21. The largest absolute Gasteiger partial charge is 0.325 e. The minimum absolute atomic E-state index is 0.148. The molecule has 0 radical (unpaired) electrons. The lowest BCUT2D eigenvalue weighted by Crippen LogP contribution is -2.14. The highest BCUT2D eigenvalue weighted by Crippen LogP contribution is 2.28. The first-order valence-corrected chi connectivity index (χ1v) is 10.2. The summed E-state index contributed by atoms with van der Waals surface area (Å²) in [6.45, 7) is 1.97. The minimum Gasteiger partial charge on any atom is -0.325 e. The van der Waals surface area contributed by atoms with Crippen LogP contribution in [0.2, 0.25) is 0 Å². The van der Waals surface area contributed by atoms with Crippen molar-refractivity contribution >= 4 is 23.4 Å². The number of rotatable bonds is 6. The number of aryl methyl sites for hydroxylation is 1. The zero-order valence-corrected chi connectivity index (χ0v) is 16.9. The maximum absolute atomic E-state index is 13.4. The summed E-state index contributed by atoms with van der Waals surface area (Å²) in [7, 11) is 0. The number of hydrogen-bond donors (Lipinski definition) is 1. The molecule has 0 spiro atoms. The second kappa shape index (κ2) is 8.87. The lowest BCUT2D eigenvalue weighted by atomic mass is 10.2. The van der Waals surface area contributed by atoms with Gasteiger partial charge in [-0.2, -0.15) is 0 Å². The van der Waals surface area contributed by atoms with E-state index in [1.165, 1.54) is 23.9 Å². The molecular weight excluding hydrogens is 401 g/mol. The van der Waals surface area contributed by atoms with Crippen LogP contribution in [0.15, 0.2) is 78.2 Å². The van der Waals surface area contributed by atoms with Gasteiger partial charge in [-0.1, -0.05) is 23.9 Å². The Balaban J connectivity index is 1.59. The van der Waals surface area contributed by atoms with Crippen LogP contribution in [0.25, 0.3) is 17.1 Å². The summed E-state index contributed by atoms with van der Waals surface area (Å²) in [5, 5.41) is 12.0. The van der Waals surface area contributed by atoms with E-state index in [-0.39, 0.29) is 17.5 Å². The second-order valence-electron chi connectivity index (χ2n) is 6.56. The van der Waals surface area contributed by atoms with Crippen LogP contribution in [0.3, 0.4) is 0 Å². The number of nitrogens with one attached hydrogen (secondary N) is 1. The minimum atomic E-state index is -0.330. The van der Waals surface area contributed by atoms with Crippen LogP contribution in [-0.2, 0) is 4.79 Å². The Bertz CT molecular complexity index is 1160. The van der Waals surface area contributed by atoms with E-state index in [4.69, 9.17) is 0 Å². The topological polar surface area (TPSA) is 72.7 Å². The van der Waals surface area contributed by atoms with Crippen LogP contribution in [0.4, 0.5) is 10.1 Å². The monoisotopic (exact) mass is 419 g/mol. The number of anilines is 1. The molecule has 0 aliphatic rings. The highest BCUT2D eigenvalue weighted by Gasteiger charge is 2.17. The number of carbonyl (C=O) groups excluding carboxylic acids is 1. The zero-order chi connectivity index (χ0) is 20.9. The first-order chi connectivity index (χ1) is 14.6. The number of pyridine rings is 1. The smallest absolute Gasteiger partial charge is 0.234 e. The summed E-state index contributed by atoms with van der Waals surface area (Å²) < 4.78 is 15.2. The molecule has 0 atom stereocenters. The molecule has 0 unspecified atom stereocenters. The molecule has 0 fully saturated rings. The Labute approximate surface area is 177 Å². The lowest BCUT2D eigenvalue weighted by Gasteiger charge is -2.10. The fourth-order valence-electron chi connectivity index (χ4n) is 2.92. The van der Waals surface area contributed by atoms with Crippen molar-refractivity contribution in [3.63, 3.8) is 0 Å². The number of benzene rings is 2. The van der Waals surface area contributed by atoms with Gasteiger partial charge in [0.1, 0.15) is 5.82 Å². The van der Waals surface area contributed by atoms with Gasteiger partial charge in [0.25, 0.3) is 0 Å². The SMILES string of the molecule is Cc1cccc(NC(=O)CSc2nnc(-c3ccncc3)n2-c2ccc(F)cc2)c1. The Hall–Kier alpha value is -3.52. The number of aromatic nitrogens is 4. The molecule has 4 rings (SSSR count). The normalized spacial score (nSPS) is 10.7. The van der Waals surface area contributed by atoms with Gasteiger partial charge >= 0.3 is 0 Å². The standard InChI is InChI=1S/C22H18FN5OS/c1-15-3-2-4-18(13-15)25-20(29)14-30-22-27-26-21(16-9-11-24-12-10-16)28(22)19-7-5-17(23)6-8-19/h2-13H,14H2,1H3,(H,25,29). The van der Waals surface area contributed by atoms with E-state index in [1.807, 2.05) is 43.3 Å². The molecule has 2 aromatic heterocycles. The molecule has 1 N–H and O–H groups in total. The molecule has 8 heteroatoms. The van der Waals surface area contributed by atoms with E-state index in [9.17, 15) is 9.18 Å². The van der Waals surface area contributed by atoms with Crippen LogP contribution < -0.4 is 5.32 Å². The summed E-state index contributed by atoms with van der Waals surface area (Å²) in [5.74, 6) is 0.267. The Morgan fingerprint density at radius 3 is 2.57 bits per heavy atom. The summed E-state index contributed by atoms with van der Waals surface area (Å²) in [4.78, 5) is 16.5. The predicted octanol–water partition coefficient (Wildman–Crippen LogP) is 4.51. The third-order valence-corrected chi connectivity index (χ3v) is 5.22. The van der Waals surface area contributed by atoms with Gasteiger partial charge in [0.05, 0.1) is 5.75 Å².